The molecule has 0 aromatic carbocycles. The fraction of sp³-hybridized carbons (Fsp3) is 0.400. The Labute approximate surface area is 162 Å². The van der Waals surface area contributed by atoms with E-state index in [-0.39, 0.29) is 5.91 Å². The first kappa shape index (κ1) is 18.0. The third kappa shape index (κ3) is 3.99. The number of carbonyl (C=O) groups is 1. The second kappa shape index (κ2) is 7.70. The zero-order valence-electron chi connectivity index (χ0n) is 15.6. The molecule has 4 heterocycles. The molecule has 1 atom stereocenters. The highest BCUT2D eigenvalue weighted by molar-refractivity contribution is 7.14. The second-order valence-corrected chi connectivity index (χ2v) is 8.28. The molecule has 142 valence electrons. The van der Waals surface area contributed by atoms with Crippen LogP contribution in [0.2, 0.25) is 0 Å². The monoisotopic (exact) mass is 384 g/mol. The van der Waals surface area contributed by atoms with Gasteiger partial charge in [0.15, 0.2) is 0 Å². The van der Waals surface area contributed by atoms with Crippen molar-refractivity contribution in [1.82, 2.24) is 20.0 Å². The van der Waals surface area contributed by atoms with E-state index in [2.05, 4.69) is 27.2 Å². The van der Waals surface area contributed by atoms with E-state index in [1.165, 1.54) is 11.3 Å². The van der Waals surface area contributed by atoms with Crippen molar-refractivity contribution >= 4 is 17.2 Å². The van der Waals surface area contributed by atoms with Gasteiger partial charge in [-0.3, -0.25) is 14.8 Å². The number of hydrogen-bond donors (Lipinski definition) is 1. The molecule has 1 fully saturated rings. The molecular formula is C20H24N4O2S. The first-order chi connectivity index (χ1) is 13.1. The molecule has 0 saturated carbocycles. The standard InChI is InChI=1S/C20H24N4O2S/c1-14-10-16(22-21-14)12-24-8-3-4-17(24)18-5-6-19(27-18)20(25)23(2)11-15-7-9-26-13-15/h5-7,9-10,13,17H,3-4,8,11-12H2,1-2H3,(H,21,22)/t17-/m0/s1. The molecule has 0 aliphatic carbocycles. The Bertz CT molecular complexity index is 899. The minimum Gasteiger partial charge on any atom is -0.472 e. The lowest BCUT2D eigenvalue weighted by atomic mass is 10.2. The number of hydrogen-bond acceptors (Lipinski definition) is 5. The van der Waals surface area contributed by atoms with Crippen molar-refractivity contribution in [2.75, 3.05) is 13.6 Å². The molecular weight excluding hydrogens is 360 g/mol. The predicted octanol–water partition coefficient (Wildman–Crippen LogP) is 3.98. The normalized spacial score (nSPS) is 17.5. The summed E-state index contributed by atoms with van der Waals surface area (Å²) in [6.45, 7) is 4.49. The SMILES string of the molecule is Cc1cc(CN2CCC[C@H]2c2ccc(C(=O)N(C)Cc3ccoc3)s2)n[nH]1. The number of aryl methyl sites for hydroxylation is 1. The number of nitrogens with zero attached hydrogens (tertiary/aromatic N) is 3. The minimum atomic E-state index is 0.0555. The summed E-state index contributed by atoms with van der Waals surface area (Å²) in [5.74, 6) is 0.0555. The van der Waals surface area contributed by atoms with E-state index in [9.17, 15) is 4.79 Å². The maximum Gasteiger partial charge on any atom is 0.263 e. The molecule has 7 heteroatoms. The molecule has 1 N–H and O–H groups in total. The number of rotatable bonds is 6. The first-order valence-corrected chi connectivity index (χ1v) is 10.0. The summed E-state index contributed by atoms with van der Waals surface area (Å²) in [6.07, 6.45) is 5.61. The number of thiophene rings is 1. The summed E-state index contributed by atoms with van der Waals surface area (Å²) in [6, 6.07) is 8.43. The van der Waals surface area contributed by atoms with Crippen LogP contribution in [0.1, 0.15) is 50.4 Å². The van der Waals surface area contributed by atoms with Gasteiger partial charge in [-0.25, -0.2) is 0 Å². The van der Waals surface area contributed by atoms with Crippen LogP contribution in [-0.2, 0) is 13.1 Å². The lowest BCUT2D eigenvalue weighted by Crippen LogP contribution is -2.25. The van der Waals surface area contributed by atoms with Gasteiger partial charge in [-0.15, -0.1) is 11.3 Å². The Hall–Kier alpha value is -2.38. The summed E-state index contributed by atoms with van der Waals surface area (Å²) in [7, 11) is 1.83. The van der Waals surface area contributed by atoms with Crippen molar-refractivity contribution in [3.63, 3.8) is 0 Å². The summed E-state index contributed by atoms with van der Waals surface area (Å²) >= 11 is 1.61. The molecule has 0 spiro atoms. The number of aromatic nitrogens is 2. The smallest absolute Gasteiger partial charge is 0.263 e. The van der Waals surface area contributed by atoms with E-state index in [0.29, 0.717) is 12.6 Å². The maximum absolute atomic E-state index is 12.8. The number of likely N-dealkylation sites (tertiary alicyclic amines) is 1. The van der Waals surface area contributed by atoms with E-state index in [1.807, 2.05) is 26.1 Å². The van der Waals surface area contributed by atoms with Crippen LogP contribution in [-0.4, -0.2) is 39.5 Å². The van der Waals surface area contributed by atoms with E-state index >= 15 is 0 Å². The maximum atomic E-state index is 12.8. The molecule has 0 bridgehead atoms. The Morgan fingerprint density at radius 1 is 1.44 bits per heavy atom. The first-order valence-electron chi connectivity index (χ1n) is 9.21. The van der Waals surface area contributed by atoms with Gasteiger partial charge >= 0.3 is 0 Å². The van der Waals surface area contributed by atoms with Gasteiger partial charge in [0.1, 0.15) is 0 Å². The van der Waals surface area contributed by atoms with E-state index in [1.54, 1.807) is 28.8 Å². The number of H-pyrrole nitrogens is 1. The molecule has 6 nitrogen and oxygen atoms in total. The molecule has 3 aromatic rings. The van der Waals surface area contributed by atoms with Crippen LogP contribution in [0.25, 0.3) is 0 Å². The molecule has 1 saturated heterocycles. The molecule has 1 amide bonds. The minimum absolute atomic E-state index is 0.0555. The van der Waals surface area contributed by atoms with Crippen molar-refractivity contribution in [3.8, 4) is 0 Å². The Morgan fingerprint density at radius 2 is 2.33 bits per heavy atom. The summed E-state index contributed by atoms with van der Waals surface area (Å²) in [5, 5.41) is 7.38. The molecule has 1 aliphatic heterocycles. The van der Waals surface area contributed by atoms with Crippen LogP contribution in [0.4, 0.5) is 0 Å². The van der Waals surface area contributed by atoms with Crippen molar-refractivity contribution in [3.05, 3.63) is 63.5 Å². The van der Waals surface area contributed by atoms with Crippen molar-refractivity contribution in [2.45, 2.75) is 38.9 Å². The van der Waals surface area contributed by atoms with E-state index in [4.69, 9.17) is 4.42 Å². The van der Waals surface area contributed by atoms with Crippen LogP contribution in [0, 0.1) is 6.92 Å². The molecule has 3 aromatic heterocycles. The van der Waals surface area contributed by atoms with Gasteiger partial charge in [0.25, 0.3) is 5.91 Å². The lowest BCUT2D eigenvalue weighted by molar-refractivity contribution is 0.0789. The van der Waals surface area contributed by atoms with Crippen molar-refractivity contribution < 1.29 is 9.21 Å². The fourth-order valence-electron chi connectivity index (χ4n) is 3.66. The molecule has 4 rings (SSSR count). The molecule has 1 aliphatic rings. The largest absolute Gasteiger partial charge is 0.472 e. The number of nitrogens with one attached hydrogen (secondary N) is 1. The highest BCUT2D eigenvalue weighted by Gasteiger charge is 2.28. The number of amides is 1. The second-order valence-electron chi connectivity index (χ2n) is 7.17. The highest BCUT2D eigenvalue weighted by Crippen LogP contribution is 2.37. The number of carbonyl (C=O) groups excluding carboxylic acids is 1. The van der Waals surface area contributed by atoms with Crippen LogP contribution >= 0.6 is 11.3 Å². The lowest BCUT2D eigenvalue weighted by Gasteiger charge is -2.22. The average Bonchev–Trinajstić information content (AvgIpc) is 3.42. The summed E-state index contributed by atoms with van der Waals surface area (Å²) in [5.41, 5.74) is 3.16. The van der Waals surface area contributed by atoms with Gasteiger partial charge in [0, 0.05) is 42.3 Å². The van der Waals surface area contributed by atoms with Gasteiger partial charge < -0.3 is 9.32 Å². The fourth-order valence-corrected chi connectivity index (χ4v) is 4.84. The van der Waals surface area contributed by atoms with Crippen LogP contribution in [0.3, 0.4) is 0 Å². The van der Waals surface area contributed by atoms with Crippen LogP contribution in [0.15, 0.2) is 41.2 Å². The average molecular weight is 385 g/mol. The third-order valence-electron chi connectivity index (χ3n) is 5.00. The van der Waals surface area contributed by atoms with Crippen LogP contribution in [0.5, 0.6) is 0 Å². The summed E-state index contributed by atoms with van der Waals surface area (Å²) in [4.78, 5) is 19.0. The Balaban J connectivity index is 1.43. The third-order valence-corrected chi connectivity index (χ3v) is 6.17. The van der Waals surface area contributed by atoms with Crippen LogP contribution < -0.4 is 0 Å². The quantitative estimate of drug-likeness (QED) is 0.698. The van der Waals surface area contributed by atoms with Gasteiger partial charge in [-0.1, -0.05) is 0 Å². The predicted molar refractivity (Wildman–Crippen MR) is 105 cm³/mol. The zero-order valence-corrected chi connectivity index (χ0v) is 16.5. The number of aromatic amines is 1. The van der Waals surface area contributed by atoms with Crippen molar-refractivity contribution in [2.24, 2.45) is 0 Å². The van der Waals surface area contributed by atoms with Gasteiger partial charge in [0.2, 0.25) is 0 Å². The Kier molecular flexibility index (Phi) is 5.13. The van der Waals surface area contributed by atoms with Gasteiger partial charge in [-0.2, -0.15) is 5.10 Å². The van der Waals surface area contributed by atoms with E-state index in [0.717, 1.165) is 41.3 Å². The van der Waals surface area contributed by atoms with Gasteiger partial charge in [-0.05, 0) is 50.6 Å². The Morgan fingerprint density at radius 3 is 3.07 bits per heavy atom. The van der Waals surface area contributed by atoms with Crippen molar-refractivity contribution in [1.29, 1.82) is 0 Å². The molecule has 0 radical (unpaired) electrons. The topological polar surface area (TPSA) is 65.4 Å². The van der Waals surface area contributed by atoms with Gasteiger partial charge in [0.05, 0.1) is 23.1 Å². The molecule has 0 unspecified atom stereocenters. The highest BCUT2D eigenvalue weighted by atomic mass is 32.1. The molecule has 27 heavy (non-hydrogen) atoms. The summed E-state index contributed by atoms with van der Waals surface area (Å²) < 4.78 is 5.09. The van der Waals surface area contributed by atoms with E-state index < -0.39 is 0 Å². The number of furan rings is 1. The zero-order chi connectivity index (χ0) is 18.8.